The molecule has 0 fully saturated rings. The van der Waals surface area contributed by atoms with Crippen molar-refractivity contribution in [1.29, 1.82) is 0 Å². The topological polar surface area (TPSA) is 20.2 Å². The SMILES string of the molecule is CC(C)c1ccc(F)c(C(F)(F)C(C)(C)O)c1. The third-order valence-corrected chi connectivity index (χ3v) is 2.76. The van der Waals surface area contributed by atoms with Crippen LogP contribution >= 0.6 is 0 Å². The van der Waals surface area contributed by atoms with Crippen LogP contribution in [0.1, 0.15) is 44.7 Å². The first-order valence-electron chi connectivity index (χ1n) is 5.47. The highest BCUT2D eigenvalue weighted by molar-refractivity contribution is 5.31. The molecule has 1 aromatic carbocycles. The first-order valence-corrected chi connectivity index (χ1v) is 5.47. The molecule has 0 aliphatic heterocycles. The molecule has 0 radical (unpaired) electrons. The molecule has 1 N–H and O–H groups in total. The molecule has 0 saturated carbocycles. The highest BCUT2D eigenvalue weighted by Gasteiger charge is 2.48. The summed E-state index contributed by atoms with van der Waals surface area (Å²) in [5, 5.41) is 9.44. The molecule has 0 aliphatic carbocycles. The first-order chi connectivity index (χ1) is 7.57. The second kappa shape index (κ2) is 4.33. The van der Waals surface area contributed by atoms with E-state index in [4.69, 9.17) is 0 Å². The smallest absolute Gasteiger partial charge is 0.303 e. The van der Waals surface area contributed by atoms with Crippen LogP contribution in [0.4, 0.5) is 13.2 Å². The molecular formula is C13H17F3O. The molecule has 96 valence electrons. The van der Waals surface area contributed by atoms with Crippen molar-refractivity contribution in [3.05, 3.63) is 35.1 Å². The zero-order chi connectivity index (χ0) is 13.4. The quantitative estimate of drug-likeness (QED) is 0.859. The maximum absolute atomic E-state index is 13.9. The van der Waals surface area contributed by atoms with E-state index in [0.29, 0.717) is 5.56 Å². The number of aliphatic hydroxyl groups is 1. The summed E-state index contributed by atoms with van der Waals surface area (Å²) in [5.41, 5.74) is -2.44. The zero-order valence-electron chi connectivity index (χ0n) is 10.4. The van der Waals surface area contributed by atoms with Crippen molar-refractivity contribution in [2.45, 2.75) is 45.1 Å². The number of rotatable bonds is 3. The molecule has 4 heteroatoms. The molecule has 1 aromatic rings. The van der Waals surface area contributed by atoms with Gasteiger partial charge < -0.3 is 5.11 Å². The van der Waals surface area contributed by atoms with Crippen LogP contribution in [-0.4, -0.2) is 10.7 Å². The molecule has 0 heterocycles. The lowest BCUT2D eigenvalue weighted by Gasteiger charge is -2.30. The van der Waals surface area contributed by atoms with E-state index in [1.165, 1.54) is 6.07 Å². The largest absolute Gasteiger partial charge is 0.384 e. The van der Waals surface area contributed by atoms with E-state index >= 15 is 0 Å². The van der Waals surface area contributed by atoms with Crippen molar-refractivity contribution in [2.75, 3.05) is 0 Å². The number of hydrogen-bond donors (Lipinski definition) is 1. The molecule has 0 saturated heterocycles. The Balaban J connectivity index is 3.35. The van der Waals surface area contributed by atoms with Crippen molar-refractivity contribution in [3.63, 3.8) is 0 Å². The Morgan fingerprint density at radius 3 is 2.12 bits per heavy atom. The van der Waals surface area contributed by atoms with Gasteiger partial charge in [-0.25, -0.2) is 4.39 Å². The molecular weight excluding hydrogens is 229 g/mol. The van der Waals surface area contributed by atoms with Crippen LogP contribution in [0.5, 0.6) is 0 Å². The molecule has 0 aromatic heterocycles. The van der Waals surface area contributed by atoms with Gasteiger partial charge in [0.2, 0.25) is 0 Å². The summed E-state index contributed by atoms with van der Waals surface area (Å²) in [7, 11) is 0. The highest BCUT2D eigenvalue weighted by Crippen LogP contribution is 2.40. The van der Waals surface area contributed by atoms with E-state index in [1.807, 2.05) is 13.8 Å². The van der Waals surface area contributed by atoms with Gasteiger partial charge in [0.15, 0.2) is 0 Å². The van der Waals surface area contributed by atoms with Gasteiger partial charge in [0.05, 0.1) is 5.56 Å². The molecule has 0 bridgehead atoms. The van der Waals surface area contributed by atoms with Crippen molar-refractivity contribution in [3.8, 4) is 0 Å². The number of benzene rings is 1. The van der Waals surface area contributed by atoms with Crippen LogP contribution in [-0.2, 0) is 5.92 Å². The van der Waals surface area contributed by atoms with Crippen LogP contribution < -0.4 is 0 Å². The van der Waals surface area contributed by atoms with E-state index in [-0.39, 0.29) is 5.92 Å². The second-order valence-corrected chi connectivity index (χ2v) is 5.03. The van der Waals surface area contributed by atoms with E-state index in [0.717, 1.165) is 26.0 Å². The lowest BCUT2D eigenvalue weighted by Crippen LogP contribution is -2.40. The summed E-state index contributed by atoms with van der Waals surface area (Å²) in [6, 6.07) is 3.62. The molecule has 17 heavy (non-hydrogen) atoms. The third kappa shape index (κ3) is 2.63. The van der Waals surface area contributed by atoms with Crippen LogP contribution in [0, 0.1) is 5.82 Å². The fourth-order valence-corrected chi connectivity index (χ4v) is 1.47. The fraction of sp³-hybridized carbons (Fsp3) is 0.538. The Hall–Kier alpha value is -1.03. The second-order valence-electron chi connectivity index (χ2n) is 5.03. The average molecular weight is 246 g/mol. The van der Waals surface area contributed by atoms with E-state index in [2.05, 4.69) is 0 Å². The van der Waals surface area contributed by atoms with Gasteiger partial charge in [0.25, 0.3) is 0 Å². The maximum Gasteiger partial charge on any atom is 0.303 e. The third-order valence-electron chi connectivity index (χ3n) is 2.76. The Labute approximate surface area is 99.3 Å². The van der Waals surface area contributed by atoms with Crippen molar-refractivity contribution in [2.24, 2.45) is 0 Å². The predicted octanol–water partition coefficient (Wildman–Crippen LogP) is 3.81. The van der Waals surface area contributed by atoms with E-state index < -0.39 is 22.9 Å². The summed E-state index contributed by atoms with van der Waals surface area (Å²) in [4.78, 5) is 0. The minimum Gasteiger partial charge on any atom is -0.384 e. The van der Waals surface area contributed by atoms with Gasteiger partial charge in [-0.05, 0) is 37.5 Å². The molecule has 0 atom stereocenters. The van der Waals surface area contributed by atoms with Gasteiger partial charge in [0.1, 0.15) is 11.4 Å². The van der Waals surface area contributed by atoms with Crippen LogP contribution in [0.2, 0.25) is 0 Å². The molecule has 0 aliphatic rings. The number of alkyl halides is 2. The van der Waals surface area contributed by atoms with Crippen LogP contribution in [0.3, 0.4) is 0 Å². The minimum atomic E-state index is -3.62. The van der Waals surface area contributed by atoms with E-state index in [1.54, 1.807) is 0 Å². The summed E-state index contributed by atoms with van der Waals surface area (Å²) in [6.07, 6.45) is 0. The van der Waals surface area contributed by atoms with Gasteiger partial charge in [-0.15, -0.1) is 0 Å². The number of halogens is 3. The van der Waals surface area contributed by atoms with Crippen molar-refractivity contribution < 1.29 is 18.3 Å². The summed E-state index contributed by atoms with van der Waals surface area (Å²) in [6.45, 7) is 5.60. The molecule has 0 spiro atoms. The van der Waals surface area contributed by atoms with Gasteiger partial charge in [-0.2, -0.15) is 8.78 Å². The van der Waals surface area contributed by atoms with Gasteiger partial charge in [-0.3, -0.25) is 0 Å². The summed E-state index contributed by atoms with van der Waals surface area (Å²) in [5.74, 6) is -4.60. The van der Waals surface area contributed by atoms with Gasteiger partial charge >= 0.3 is 5.92 Å². The lowest BCUT2D eigenvalue weighted by molar-refractivity contribution is -0.170. The molecule has 0 unspecified atom stereocenters. The fourth-order valence-electron chi connectivity index (χ4n) is 1.47. The van der Waals surface area contributed by atoms with Crippen LogP contribution in [0.15, 0.2) is 18.2 Å². The summed E-state index contributed by atoms with van der Waals surface area (Å²) < 4.78 is 41.2. The normalized spacial score (nSPS) is 13.2. The lowest BCUT2D eigenvalue weighted by atomic mass is 9.90. The minimum absolute atomic E-state index is 0.0203. The van der Waals surface area contributed by atoms with Gasteiger partial charge in [-0.1, -0.05) is 19.9 Å². The summed E-state index contributed by atoms with van der Waals surface area (Å²) >= 11 is 0. The Bertz CT molecular complexity index is 406. The molecule has 0 amide bonds. The molecule has 1 rings (SSSR count). The maximum atomic E-state index is 13.9. The Morgan fingerprint density at radius 2 is 1.71 bits per heavy atom. The van der Waals surface area contributed by atoms with Crippen molar-refractivity contribution >= 4 is 0 Å². The predicted molar refractivity (Wildman–Crippen MR) is 60.7 cm³/mol. The van der Waals surface area contributed by atoms with Crippen LogP contribution in [0.25, 0.3) is 0 Å². The van der Waals surface area contributed by atoms with Gasteiger partial charge in [0, 0.05) is 0 Å². The first kappa shape index (κ1) is 14.0. The Morgan fingerprint density at radius 1 is 1.18 bits per heavy atom. The average Bonchev–Trinajstić information content (AvgIpc) is 2.15. The monoisotopic (exact) mass is 246 g/mol. The molecule has 1 nitrogen and oxygen atoms in total. The zero-order valence-corrected chi connectivity index (χ0v) is 10.4. The Kier molecular flexibility index (Phi) is 3.58. The van der Waals surface area contributed by atoms with E-state index in [9.17, 15) is 18.3 Å². The number of hydrogen-bond acceptors (Lipinski definition) is 1. The van der Waals surface area contributed by atoms with Crippen molar-refractivity contribution in [1.82, 2.24) is 0 Å². The highest BCUT2D eigenvalue weighted by atomic mass is 19.3. The standard InChI is InChI=1S/C13H17F3O/c1-8(2)9-5-6-11(14)10(7-9)13(15,16)12(3,4)17/h5-8,17H,1-4H3.